The third kappa shape index (κ3) is 5.63. The predicted molar refractivity (Wildman–Crippen MR) is 115 cm³/mol. The van der Waals surface area contributed by atoms with E-state index in [4.69, 9.17) is 28.3 Å². The molecule has 3 fully saturated rings. The Balaban J connectivity index is 1.69. The van der Waals surface area contributed by atoms with Crippen LogP contribution in [0.4, 0.5) is 0 Å². The molecule has 3 saturated carbocycles. The molecule has 3 aliphatic rings. The van der Waals surface area contributed by atoms with E-state index in [0.717, 1.165) is 25.3 Å². The summed E-state index contributed by atoms with van der Waals surface area (Å²) in [6.07, 6.45) is 11.8. The molecular weight excluding hydrogens is 433 g/mol. The lowest BCUT2D eigenvalue weighted by atomic mass is 9.58. The second-order valence-electron chi connectivity index (χ2n) is 7.79. The summed E-state index contributed by atoms with van der Waals surface area (Å²) in [5.74, 6) is 0.773. The maximum absolute atomic E-state index is 12.8. The van der Waals surface area contributed by atoms with Crippen LogP contribution >= 0.6 is 23.2 Å². The fourth-order valence-corrected chi connectivity index (χ4v) is 6.66. The summed E-state index contributed by atoms with van der Waals surface area (Å²) in [6, 6.07) is 4.37. The molecule has 29 heavy (non-hydrogen) atoms. The Morgan fingerprint density at radius 2 is 1.76 bits per heavy atom. The van der Waals surface area contributed by atoms with E-state index in [1.54, 1.807) is 6.08 Å². The van der Waals surface area contributed by atoms with Gasteiger partial charge in [0.2, 0.25) is 10.0 Å². The molecule has 2 N–H and O–H groups in total. The van der Waals surface area contributed by atoms with Crippen molar-refractivity contribution in [2.45, 2.75) is 37.0 Å². The summed E-state index contributed by atoms with van der Waals surface area (Å²) < 4.78 is 28.3. The van der Waals surface area contributed by atoms with Crippen LogP contribution in [-0.2, 0) is 14.8 Å². The van der Waals surface area contributed by atoms with Crippen molar-refractivity contribution in [2.75, 3.05) is 6.54 Å². The second kappa shape index (κ2) is 9.65. The molecule has 2 atom stereocenters. The first kappa shape index (κ1) is 22.3. The maximum atomic E-state index is 12.8. The molecule has 0 aliphatic heterocycles. The monoisotopic (exact) mass is 457 g/mol. The third-order valence-corrected chi connectivity index (χ3v) is 8.31. The molecular formula is C21H25Cl2NO4S. The van der Waals surface area contributed by atoms with Crippen LogP contribution in [0.15, 0.2) is 47.4 Å². The number of hydrogen-bond donors (Lipinski definition) is 2. The van der Waals surface area contributed by atoms with E-state index in [-0.39, 0.29) is 15.8 Å². The van der Waals surface area contributed by atoms with Crippen LogP contribution in [0, 0.1) is 23.7 Å². The van der Waals surface area contributed by atoms with Crippen molar-refractivity contribution < 1.29 is 18.3 Å². The number of halogens is 2. The zero-order valence-electron chi connectivity index (χ0n) is 15.9. The second-order valence-corrected chi connectivity index (χ2v) is 10.4. The van der Waals surface area contributed by atoms with Crippen LogP contribution in [0.5, 0.6) is 0 Å². The normalized spacial score (nSPS) is 27.1. The lowest BCUT2D eigenvalue weighted by Crippen LogP contribution is -2.45. The first-order chi connectivity index (χ1) is 13.8. The fraction of sp³-hybridized carbons (Fsp3) is 0.476. The number of sulfonamides is 1. The average molecular weight is 458 g/mol. The van der Waals surface area contributed by atoms with Gasteiger partial charge in [0.1, 0.15) is 4.90 Å². The minimum atomic E-state index is -3.72. The molecule has 1 aromatic carbocycles. The average Bonchev–Trinajstić information content (AvgIpc) is 2.67. The van der Waals surface area contributed by atoms with Crippen LogP contribution in [0.2, 0.25) is 10.0 Å². The summed E-state index contributed by atoms with van der Waals surface area (Å²) in [5, 5.41) is 9.16. The predicted octanol–water partition coefficient (Wildman–Crippen LogP) is 4.91. The van der Waals surface area contributed by atoms with Crippen LogP contribution in [0.25, 0.3) is 0 Å². The number of fused-ring (bicyclic) bond motifs is 3. The molecule has 0 radical (unpaired) electrons. The van der Waals surface area contributed by atoms with Crippen molar-refractivity contribution in [2.24, 2.45) is 23.7 Å². The van der Waals surface area contributed by atoms with Gasteiger partial charge < -0.3 is 5.11 Å². The molecule has 0 saturated heterocycles. The van der Waals surface area contributed by atoms with E-state index < -0.39 is 16.0 Å². The molecule has 3 aliphatic carbocycles. The summed E-state index contributed by atoms with van der Waals surface area (Å²) in [5.41, 5.74) is 0. The van der Waals surface area contributed by atoms with Gasteiger partial charge in [0.25, 0.3) is 0 Å². The Labute approximate surface area is 181 Å². The molecule has 0 amide bonds. The van der Waals surface area contributed by atoms with Gasteiger partial charge in [-0.3, -0.25) is 0 Å². The molecule has 0 aromatic heterocycles. The van der Waals surface area contributed by atoms with Crippen molar-refractivity contribution in [1.82, 2.24) is 4.72 Å². The van der Waals surface area contributed by atoms with Gasteiger partial charge in [-0.25, -0.2) is 17.9 Å². The number of hydrogen-bond acceptors (Lipinski definition) is 3. The van der Waals surface area contributed by atoms with Gasteiger partial charge in [0.05, 0.1) is 5.02 Å². The highest BCUT2D eigenvalue weighted by Gasteiger charge is 2.43. The molecule has 4 rings (SSSR count). The van der Waals surface area contributed by atoms with Crippen LogP contribution < -0.4 is 4.72 Å². The SMILES string of the molecule is O=C(O)C=CC=CCC1C2CCC(CC2)C1CNS(=O)(=O)c1ccc(Cl)cc1Cl. The van der Waals surface area contributed by atoms with E-state index in [0.29, 0.717) is 29.3 Å². The largest absolute Gasteiger partial charge is 0.478 e. The van der Waals surface area contributed by atoms with E-state index in [1.807, 2.05) is 6.08 Å². The first-order valence-electron chi connectivity index (χ1n) is 9.79. The van der Waals surface area contributed by atoms with Crippen molar-refractivity contribution in [3.05, 3.63) is 52.5 Å². The van der Waals surface area contributed by atoms with Gasteiger partial charge in [-0.05, 0) is 74.0 Å². The molecule has 2 bridgehead atoms. The van der Waals surface area contributed by atoms with Crippen molar-refractivity contribution in [3.8, 4) is 0 Å². The zero-order valence-corrected chi connectivity index (χ0v) is 18.3. The minimum absolute atomic E-state index is 0.0415. The number of carbonyl (C=O) groups is 1. The highest BCUT2D eigenvalue weighted by atomic mass is 35.5. The topological polar surface area (TPSA) is 83.5 Å². The Morgan fingerprint density at radius 3 is 2.38 bits per heavy atom. The van der Waals surface area contributed by atoms with Gasteiger partial charge in [0, 0.05) is 17.6 Å². The lowest BCUT2D eigenvalue weighted by molar-refractivity contribution is -0.131. The standard InChI is InChI=1S/C21H25Cl2NO4S/c22-16-10-11-20(19(23)12-16)29(27,28)24-13-18-15-8-6-14(7-9-15)17(18)4-2-1-3-5-21(25)26/h1-3,5,10-12,14-15,17-18,24H,4,6-9,13H2,(H,25,26). The molecule has 8 heteroatoms. The smallest absolute Gasteiger partial charge is 0.328 e. The first-order valence-corrected chi connectivity index (χ1v) is 12.0. The Bertz CT molecular complexity index is 905. The highest BCUT2D eigenvalue weighted by molar-refractivity contribution is 7.89. The number of allylic oxidation sites excluding steroid dienone is 3. The van der Waals surface area contributed by atoms with Gasteiger partial charge in [-0.2, -0.15) is 0 Å². The lowest BCUT2D eigenvalue weighted by Gasteiger charge is -2.48. The maximum Gasteiger partial charge on any atom is 0.328 e. The molecule has 0 heterocycles. The quantitative estimate of drug-likeness (QED) is 0.428. The summed E-state index contributed by atoms with van der Waals surface area (Å²) in [7, 11) is -3.72. The van der Waals surface area contributed by atoms with Gasteiger partial charge in [-0.1, -0.05) is 41.4 Å². The van der Waals surface area contributed by atoms with Crippen molar-refractivity contribution >= 4 is 39.2 Å². The molecule has 0 spiro atoms. The van der Waals surface area contributed by atoms with Crippen molar-refractivity contribution in [3.63, 3.8) is 0 Å². The number of carboxylic acids is 1. The van der Waals surface area contributed by atoms with E-state index in [1.165, 1.54) is 37.1 Å². The Kier molecular flexibility index (Phi) is 7.43. The fourth-order valence-electron chi connectivity index (χ4n) is 4.81. The van der Waals surface area contributed by atoms with Crippen molar-refractivity contribution in [1.29, 1.82) is 0 Å². The molecule has 5 nitrogen and oxygen atoms in total. The Hall–Kier alpha value is -1.34. The number of rotatable bonds is 8. The summed E-state index contributed by atoms with van der Waals surface area (Å²) in [6.45, 7) is 0.381. The zero-order chi connectivity index (χ0) is 21.0. The van der Waals surface area contributed by atoms with E-state index >= 15 is 0 Å². The number of nitrogens with one attached hydrogen (secondary N) is 1. The number of benzene rings is 1. The van der Waals surface area contributed by atoms with Gasteiger partial charge in [-0.15, -0.1) is 0 Å². The molecule has 1 aromatic rings. The van der Waals surface area contributed by atoms with Crippen LogP contribution in [-0.4, -0.2) is 26.0 Å². The summed E-state index contributed by atoms with van der Waals surface area (Å²) >= 11 is 12.0. The number of carboxylic acid groups (broad SMARTS) is 1. The third-order valence-electron chi connectivity index (χ3n) is 6.16. The van der Waals surface area contributed by atoms with Gasteiger partial charge >= 0.3 is 5.97 Å². The minimum Gasteiger partial charge on any atom is -0.478 e. The Morgan fingerprint density at radius 1 is 1.10 bits per heavy atom. The van der Waals surface area contributed by atoms with E-state index in [9.17, 15) is 13.2 Å². The van der Waals surface area contributed by atoms with E-state index in [2.05, 4.69) is 4.72 Å². The summed E-state index contributed by atoms with van der Waals surface area (Å²) in [4.78, 5) is 10.6. The molecule has 158 valence electrons. The van der Waals surface area contributed by atoms with Crippen LogP contribution in [0.1, 0.15) is 32.1 Å². The highest BCUT2D eigenvalue weighted by Crippen LogP contribution is 2.50. The van der Waals surface area contributed by atoms with Crippen LogP contribution in [0.3, 0.4) is 0 Å². The van der Waals surface area contributed by atoms with Gasteiger partial charge in [0.15, 0.2) is 0 Å². The molecule has 2 unspecified atom stereocenters. The number of aliphatic carboxylic acids is 1.